The fraction of sp³-hybridized carbons (Fsp3) is 0.500. The molecule has 1 heterocycles. The van der Waals surface area contributed by atoms with Gasteiger partial charge in [-0.15, -0.1) is 0 Å². The van der Waals surface area contributed by atoms with E-state index in [9.17, 15) is 0 Å². The summed E-state index contributed by atoms with van der Waals surface area (Å²) in [7, 11) is 6.48. The van der Waals surface area contributed by atoms with Gasteiger partial charge in [0.25, 0.3) is 0 Å². The number of aromatic nitrogens is 1. The molecule has 8 heteroatoms. The van der Waals surface area contributed by atoms with Crippen molar-refractivity contribution >= 4 is 5.96 Å². The Balaban J connectivity index is 2.02. The summed E-state index contributed by atoms with van der Waals surface area (Å²) in [6, 6.07) is 3.76. The lowest BCUT2D eigenvalue weighted by Crippen LogP contribution is -2.36. The minimum atomic E-state index is -0.0743. The first-order valence-corrected chi connectivity index (χ1v) is 9.01. The highest BCUT2D eigenvalue weighted by Crippen LogP contribution is 2.39. The maximum Gasteiger partial charge on any atom is 0.213 e. The number of methoxy groups -OCH3 is 3. The van der Waals surface area contributed by atoms with Crippen LogP contribution < -0.4 is 24.8 Å². The zero-order valence-corrected chi connectivity index (χ0v) is 17.7. The highest BCUT2D eigenvalue weighted by atomic mass is 16.5. The standard InChI is InChI=1S/C20H30N4O4/c1-20(2,3)15-11-22-16(28-15)12-24-19(21-4)23-10-13-8-9-14(25-5)18(27-7)17(13)26-6/h8-9,11H,10,12H2,1-7H3,(H2,21,23,24). The highest BCUT2D eigenvalue weighted by Gasteiger charge is 2.19. The first-order valence-electron chi connectivity index (χ1n) is 9.01. The van der Waals surface area contributed by atoms with Crippen molar-refractivity contribution in [1.82, 2.24) is 15.6 Å². The van der Waals surface area contributed by atoms with Crippen LogP contribution in [0.25, 0.3) is 0 Å². The van der Waals surface area contributed by atoms with E-state index in [-0.39, 0.29) is 5.41 Å². The van der Waals surface area contributed by atoms with E-state index < -0.39 is 0 Å². The number of aliphatic imine (C=N–C) groups is 1. The Morgan fingerprint density at radius 1 is 1.04 bits per heavy atom. The van der Waals surface area contributed by atoms with Gasteiger partial charge < -0.3 is 29.3 Å². The van der Waals surface area contributed by atoms with Gasteiger partial charge in [0.1, 0.15) is 5.76 Å². The first kappa shape index (κ1) is 21.4. The number of oxazole rings is 1. The van der Waals surface area contributed by atoms with E-state index >= 15 is 0 Å². The summed E-state index contributed by atoms with van der Waals surface area (Å²) in [4.78, 5) is 8.55. The summed E-state index contributed by atoms with van der Waals surface area (Å²) < 4.78 is 22.0. The molecule has 0 amide bonds. The van der Waals surface area contributed by atoms with Gasteiger partial charge in [0.05, 0.1) is 34.1 Å². The van der Waals surface area contributed by atoms with E-state index in [1.807, 2.05) is 12.1 Å². The highest BCUT2D eigenvalue weighted by molar-refractivity contribution is 5.79. The predicted molar refractivity (Wildman–Crippen MR) is 108 cm³/mol. The summed E-state index contributed by atoms with van der Waals surface area (Å²) in [6.45, 7) is 7.17. The third-order valence-electron chi connectivity index (χ3n) is 4.16. The smallest absolute Gasteiger partial charge is 0.213 e. The lowest BCUT2D eigenvalue weighted by molar-refractivity contribution is 0.322. The van der Waals surface area contributed by atoms with Crippen molar-refractivity contribution in [2.24, 2.45) is 4.99 Å². The van der Waals surface area contributed by atoms with Crippen LogP contribution in [0, 0.1) is 0 Å². The van der Waals surface area contributed by atoms with Crippen LogP contribution in [0.2, 0.25) is 0 Å². The van der Waals surface area contributed by atoms with Gasteiger partial charge in [-0.1, -0.05) is 20.8 Å². The first-order chi connectivity index (χ1) is 13.3. The molecule has 0 spiro atoms. The van der Waals surface area contributed by atoms with E-state index in [2.05, 4.69) is 41.4 Å². The van der Waals surface area contributed by atoms with E-state index in [1.165, 1.54) is 0 Å². The molecule has 0 unspecified atom stereocenters. The van der Waals surface area contributed by atoms with E-state index in [4.69, 9.17) is 18.6 Å². The van der Waals surface area contributed by atoms with Crippen molar-refractivity contribution in [3.8, 4) is 17.2 Å². The molecule has 0 radical (unpaired) electrons. The maximum absolute atomic E-state index is 5.79. The Kier molecular flexibility index (Phi) is 7.14. The summed E-state index contributed by atoms with van der Waals surface area (Å²) in [5, 5.41) is 6.44. The molecule has 0 saturated carbocycles. The van der Waals surface area contributed by atoms with Crippen molar-refractivity contribution < 1.29 is 18.6 Å². The molecule has 0 aliphatic carbocycles. The Hall–Kier alpha value is -2.90. The lowest BCUT2D eigenvalue weighted by Gasteiger charge is -2.17. The quantitative estimate of drug-likeness (QED) is 0.555. The van der Waals surface area contributed by atoms with Gasteiger partial charge in [0.2, 0.25) is 11.6 Å². The van der Waals surface area contributed by atoms with Gasteiger partial charge in [-0.05, 0) is 12.1 Å². The van der Waals surface area contributed by atoms with E-state index in [0.717, 1.165) is 11.3 Å². The van der Waals surface area contributed by atoms with E-state index in [0.29, 0.717) is 42.2 Å². The molecule has 0 aliphatic rings. The monoisotopic (exact) mass is 390 g/mol. The Bertz CT molecular complexity index is 809. The average molecular weight is 390 g/mol. The molecule has 0 saturated heterocycles. The summed E-state index contributed by atoms with van der Waals surface area (Å²) in [6.07, 6.45) is 1.77. The second-order valence-corrected chi connectivity index (χ2v) is 7.14. The lowest BCUT2D eigenvalue weighted by atomic mass is 9.94. The zero-order chi connectivity index (χ0) is 20.7. The van der Waals surface area contributed by atoms with Gasteiger partial charge in [-0.3, -0.25) is 4.99 Å². The van der Waals surface area contributed by atoms with Crippen molar-refractivity contribution in [2.45, 2.75) is 39.3 Å². The summed E-state index contributed by atoms with van der Waals surface area (Å²) in [5.41, 5.74) is 0.837. The van der Waals surface area contributed by atoms with Gasteiger partial charge in [0.15, 0.2) is 17.5 Å². The number of benzene rings is 1. The number of guanidine groups is 1. The molecule has 0 aliphatic heterocycles. The largest absolute Gasteiger partial charge is 0.493 e. The number of ether oxygens (including phenoxy) is 3. The van der Waals surface area contributed by atoms with E-state index in [1.54, 1.807) is 34.6 Å². The molecule has 2 N–H and O–H groups in total. The third kappa shape index (κ3) is 5.09. The van der Waals surface area contributed by atoms with Crippen LogP contribution in [0.15, 0.2) is 27.7 Å². The van der Waals surface area contributed by atoms with Crippen molar-refractivity contribution in [3.63, 3.8) is 0 Å². The second-order valence-electron chi connectivity index (χ2n) is 7.14. The minimum Gasteiger partial charge on any atom is -0.493 e. The molecule has 0 bridgehead atoms. The van der Waals surface area contributed by atoms with Crippen LogP contribution in [-0.2, 0) is 18.5 Å². The van der Waals surface area contributed by atoms with Gasteiger partial charge in [0, 0.05) is 24.6 Å². The Morgan fingerprint density at radius 3 is 2.25 bits per heavy atom. The SMILES string of the molecule is CN=C(NCc1ncc(C(C)(C)C)o1)NCc1ccc(OC)c(OC)c1OC. The molecular formula is C20H30N4O4. The third-order valence-corrected chi connectivity index (χ3v) is 4.16. The normalized spacial score (nSPS) is 11.9. The Morgan fingerprint density at radius 2 is 1.71 bits per heavy atom. The second kappa shape index (κ2) is 9.34. The van der Waals surface area contributed by atoms with Crippen LogP contribution >= 0.6 is 0 Å². The Labute approximate surface area is 166 Å². The number of nitrogens with zero attached hydrogens (tertiary/aromatic N) is 2. The molecule has 28 heavy (non-hydrogen) atoms. The molecule has 0 fully saturated rings. The van der Waals surface area contributed by atoms with Crippen molar-refractivity contribution in [3.05, 3.63) is 35.5 Å². The molecule has 8 nitrogen and oxygen atoms in total. The van der Waals surface area contributed by atoms with Crippen LogP contribution in [-0.4, -0.2) is 39.3 Å². The summed E-state index contributed by atoms with van der Waals surface area (Å²) in [5.74, 6) is 3.87. The van der Waals surface area contributed by atoms with Gasteiger partial charge >= 0.3 is 0 Å². The van der Waals surface area contributed by atoms with Crippen LogP contribution in [0.4, 0.5) is 0 Å². The van der Waals surface area contributed by atoms with Crippen molar-refractivity contribution in [1.29, 1.82) is 0 Å². The topological polar surface area (TPSA) is 90.1 Å². The van der Waals surface area contributed by atoms with Crippen LogP contribution in [0.1, 0.15) is 38.0 Å². The molecule has 2 rings (SSSR count). The summed E-state index contributed by atoms with van der Waals surface area (Å²) >= 11 is 0. The molecular weight excluding hydrogens is 360 g/mol. The maximum atomic E-state index is 5.79. The van der Waals surface area contributed by atoms with Crippen LogP contribution in [0.3, 0.4) is 0 Å². The molecule has 1 aromatic heterocycles. The minimum absolute atomic E-state index is 0.0743. The average Bonchev–Trinajstić information content (AvgIpc) is 3.16. The molecule has 0 atom stereocenters. The molecule has 1 aromatic carbocycles. The number of rotatable bonds is 7. The van der Waals surface area contributed by atoms with Crippen LogP contribution in [0.5, 0.6) is 17.2 Å². The fourth-order valence-corrected chi connectivity index (χ4v) is 2.60. The molecule has 2 aromatic rings. The predicted octanol–water partition coefficient (Wildman–Crippen LogP) is 2.86. The molecule has 154 valence electrons. The van der Waals surface area contributed by atoms with Crippen molar-refractivity contribution in [2.75, 3.05) is 28.4 Å². The zero-order valence-electron chi connectivity index (χ0n) is 17.7. The number of hydrogen-bond acceptors (Lipinski definition) is 6. The fourth-order valence-electron chi connectivity index (χ4n) is 2.60. The van der Waals surface area contributed by atoms with Gasteiger partial charge in [-0.25, -0.2) is 4.98 Å². The number of hydrogen-bond donors (Lipinski definition) is 2. The number of nitrogens with one attached hydrogen (secondary N) is 2. The van der Waals surface area contributed by atoms with Gasteiger partial charge in [-0.2, -0.15) is 0 Å².